The fraction of sp³-hybridized carbons (Fsp3) is 0.526. The molecule has 1 spiro atoms. The Balaban J connectivity index is 1.37. The van der Waals surface area contributed by atoms with Gasteiger partial charge in [0.15, 0.2) is 5.82 Å². The highest BCUT2D eigenvalue weighted by Gasteiger charge is 2.52. The number of aromatic nitrogens is 2. The lowest BCUT2D eigenvalue weighted by atomic mass is 9.92. The smallest absolute Gasteiger partial charge is 0.259 e. The molecular formula is C19H22FN3O3S. The lowest BCUT2D eigenvalue weighted by molar-refractivity contribution is 0.0511. The summed E-state index contributed by atoms with van der Waals surface area (Å²) in [6.45, 7) is 5.18. The highest BCUT2D eigenvalue weighted by molar-refractivity contribution is 8.01. The van der Waals surface area contributed by atoms with Crippen LogP contribution in [0.3, 0.4) is 0 Å². The molecule has 8 heteroatoms. The van der Waals surface area contributed by atoms with Gasteiger partial charge in [-0.2, -0.15) is 0 Å². The van der Waals surface area contributed by atoms with Gasteiger partial charge in [0.05, 0.1) is 10.4 Å². The number of rotatable bonds is 5. The van der Waals surface area contributed by atoms with Crippen LogP contribution < -0.4 is 4.74 Å². The van der Waals surface area contributed by atoms with Crippen LogP contribution in [0.4, 0.5) is 4.39 Å². The Morgan fingerprint density at radius 2 is 2.33 bits per heavy atom. The number of aryl methyl sites for hydroxylation is 2. The number of nitrogens with zero attached hydrogens (tertiary/aromatic N) is 3. The highest BCUT2D eigenvalue weighted by atomic mass is 32.2. The average molecular weight is 391 g/mol. The minimum absolute atomic E-state index is 0.0106. The molecule has 144 valence electrons. The lowest BCUT2D eigenvalue weighted by Crippen LogP contribution is -2.61. The minimum Gasteiger partial charge on any atom is -0.471 e. The van der Waals surface area contributed by atoms with Crippen LogP contribution in [0, 0.1) is 12.7 Å². The molecule has 0 aromatic carbocycles. The van der Waals surface area contributed by atoms with Gasteiger partial charge in [0.2, 0.25) is 0 Å². The first-order chi connectivity index (χ1) is 13.0. The van der Waals surface area contributed by atoms with Crippen molar-refractivity contribution in [2.24, 2.45) is 0 Å². The predicted molar refractivity (Wildman–Crippen MR) is 99.6 cm³/mol. The summed E-state index contributed by atoms with van der Waals surface area (Å²) in [4.78, 5) is 18.7. The highest BCUT2D eigenvalue weighted by Crippen LogP contribution is 2.46. The molecule has 6 nitrogen and oxygen atoms in total. The van der Waals surface area contributed by atoms with E-state index in [4.69, 9.17) is 9.26 Å². The van der Waals surface area contributed by atoms with Gasteiger partial charge in [-0.3, -0.25) is 4.79 Å². The number of halogens is 1. The van der Waals surface area contributed by atoms with Crippen molar-refractivity contribution < 1.29 is 18.4 Å². The summed E-state index contributed by atoms with van der Waals surface area (Å²) in [6, 6.07) is 2.89. The monoisotopic (exact) mass is 391 g/mol. The molecule has 1 amide bonds. The van der Waals surface area contributed by atoms with E-state index in [1.165, 1.54) is 12.3 Å². The molecule has 2 fully saturated rings. The van der Waals surface area contributed by atoms with E-state index >= 15 is 0 Å². The molecule has 2 saturated heterocycles. The van der Waals surface area contributed by atoms with Crippen molar-refractivity contribution >= 4 is 17.7 Å². The number of likely N-dealkylation sites (tertiary alicyclic amines) is 1. The van der Waals surface area contributed by atoms with Crippen LogP contribution in [0.5, 0.6) is 5.88 Å². The summed E-state index contributed by atoms with van der Waals surface area (Å²) in [5.74, 6) is 1.04. The van der Waals surface area contributed by atoms with Crippen LogP contribution in [0.15, 0.2) is 22.9 Å². The molecule has 2 aliphatic heterocycles. The maximum absolute atomic E-state index is 13.7. The third kappa shape index (κ3) is 3.42. The molecule has 4 rings (SSSR count). The maximum Gasteiger partial charge on any atom is 0.259 e. The quantitative estimate of drug-likeness (QED) is 0.779. The first-order valence-electron chi connectivity index (χ1n) is 9.17. The topological polar surface area (TPSA) is 68.5 Å². The second kappa shape index (κ2) is 7.14. The summed E-state index contributed by atoms with van der Waals surface area (Å²) < 4.78 is 24.8. The standard InChI is InChI=1S/C19H22FN3O3S/c1-3-5-15-16(12(2)22-26-15)18(24)23-10-19(11-23)8-13(9-27-19)25-17-14(20)6-4-7-21-17/h4,6-7,13H,3,5,8-11H2,1-2H3/t13-/m0/s1. The van der Waals surface area contributed by atoms with Crippen molar-refractivity contribution in [2.75, 3.05) is 18.8 Å². The van der Waals surface area contributed by atoms with Crippen LogP contribution in [0.1, 0.15) is 41.6 Å². The van der Waals surface area contributed by atoms with E-state index in [9.17, 15) is 9.18 Å². The van der Waals surface area contributed by atoms with E-state index in [0.717, 1.165) is 18.6 Å². The van der Waals surface area contributed by atoms with Crippen molar-refractivity contribution in [3.05, 3.63) is 41.2 Å². The van der Waals surface area contributed by atoms with Crippen LogP contribution in [-0.4, -0.2) is 50.6 Å². The molecule has 4 heterocycles. The number of pyridine rings is 1. The Morgan fingerprint density at radius 3 is 3.07 bits per heavy atom. The first-order valence-corrected chi connectivity index (χ1v) is 10.2. The molecule has 0 unspecified atom stereocenters. The molecule has 27 heavy (non-hydrogen) atoms. The summed E-state index contributed by atoms with van der Waals surface area (Å²) in [5, 5.41) is 3.96. The first kappa shape index (κ1) is 18.3. The Hall–Kier alpha value is -2.09. The van der Waals surface area contributed by atoms with E-state index in [0.29, 0.717) is 36.5 Å². The fourth-order valence-electron chi connectivity index (χ4n) is 3.75. The average Bonchev–Trinajstić information content (AvgIpc) is 3.20. The van der Waals surface area contributed by atoms with Crippen LogP contribution in [0.25, 0.3) is 0 Å². The summed E-state index contributed by atoms with van der Waals surface area (Å²) in [7, 11) is 0. The van der Waals surface area contributed by atoms with Gasteiger partial charge in [0.1, 0.15) is 17.4 Å². The predicted octanol–water partition coefficient (Wildman–Crippen LogP) is 3.25. The van der Waals surface area contributed by atoms with Gasteiger partial charge in [-0.15, -0.1) is 11.8 Å². The molecule has 0 N–H and O–H groups in total. The normalized spacial score (nSPS) is 20.7. The zero-order chi connectivity index (χ0) is 19.0. The number of carbonyl (C=O) groups excluding carboxylic acids is 1. The van der Waals surface area contributed by atoms with Crippen molar-refractivity contribution in [1.82, 2.24) is 15.0 Å². The van der Waals surface area contributed by atoms with E-state index in [1.807, 2.05) is 11.8 Å². The summed E-state index contributed by atoms with van der Waals surface area (Å²) >= 11 is 1.79. The Labute approximate surface area is 161 Å². The Morgan fingerprint density at radius 1 is 1.52 bits per heavy atom. The summed E-state index contributed by atoms with van der Waals surface area (Å²) in [6.07, 6.45) is 3.82. The van der Waals surface area contributed by atoms with Gasteiger partial charge in [-0.25, -0.2) is 9.37 Å². The zero-order valence-electron chi connectivity index (χ0n) is 15.4. The third-order valence-electron chi connectivity index (χ3n) is 5.05. The summed E-state index contributed by atoms with van der Waals surface area (Å²) in [5.41, 5.74) is 1.26. The van der Waals surface area contributed by atoms with Gasteiger partial charge >= 0.3 is 0 Å². The fourth-order valence-corrected chi connectivity index (χ4v) is 5.28. The van der Waals surface area contributed by atoms with E-state index < -0.39 is 5.82 Å². The Kier molecular flexibility index (Phi) is 4.84. The molecule has 2 aromatic heterocycles. The second-order valence-electron chi connectivity index (χ2n) is 7.21. The molecule has 2 aliphatic rings. The van der Waals surface area contributed by atoms with Crippen molar-refractivity contribution in [2.45, 2.75) is 44.0 Å². The van der Waals surface area contributed by atoms with E-state index in [-0.39, 0.29) is 22.6 Å². The zero-order valence-corrected chi connectivity index (χ0v) is 16.2. The third-order valence-corrected chi connectivity index (χ3v) is 6.62. The van der Waals surface area contributed by atoms with E-state index in [2.05, 4.69) is 10.1 Å². The number of thioether (sulfide) groups is 1. The van der Waals surface area contributed by atoms with Crippen molar-refractivity contribution in [3.63, 3.8) is 0 Å². The van der Waals surface area contributed by atoms with Crippen molar-refractivity contribution in [3.8, 4) is 5.88 Å². The lowest BCUT2D eigenvalue weighted by Gasteiger charge is -2.47. The number of hydrogen-bond acceptors (Lipinski definition) is 6. The molecule has 0 aliphatic carbocycles. The van der Waals surface area contributed by atoms with Gasteiger partial charge < -0.3 is 14.2 Å². The second-order valence-corrected chi connectivity index (χ2v) is 8.69. The van der Waals surface area contributed by atoms with Gasteiger partial charge in [-0.1, -0.05) is 12.1 Å². The van der Waals surface area contributed by atoms with E-state index in [1.54, 1.807) is 24.8 Å². The molecule has 0 radical (unpaired) electrons. The number of carbonyl (C=O) groups is 1. The number of ether oxygens (including phenoxy) is 1. The van der Waals surface area contributed by atoms with Gasteiger partial charge in [-0.05, 0) is 25.5 Å². The van der Waals surface area contributed by atoms with Crippen LogP contribution in [0.2, 0.25) is 0 Å². The SMILES string of the molecule is CCCc1onc(C)c1C(=O)N1CC2(C[C@H](Oc3ncccc3F)CS2)C1. The number of hydrogen-bond donors (Lipinski definition) is 0. The largest absolute Gasteiger partial charge is 0.471 e. The van der Waals surface area contributed by atoms with Crippen LogP contribution in [-0.2, 0) is 6.42 Å². The van der Waals surface area contributed by atoms with Crippen molar-refractivity contribution in [1.29, 1.82) is 0 Å². The van der Waals surface area contributed by atoms with Crippen LogP contribution >= 0.6 is 11.8 Å². The van der Waals surface area contributed by atoms with Gasteiger partial charge in [0, 0.05) is 37.9 Å². The minimum atomic E-state index is -0.444. The molecule has 0 bridgehead atoms. The Bertz CT molecular complexity index is 850. The molecule has 0 saturated carbocycles. The molecule has 1 atom stereocenters. The number of amides is 1. The molecular weight excluding hydrogens is 369 g/mol. The van der Waals surface area contributed by atoms with Gasteiger partial charge in [0.25, 0.3) is 11.8 Å². The molecule has 2 aromatic rings. The maximum atomic E-state index is 13.7.